The molecule has 2 aromatic carbocycles. The smallest absolute Gasteiger partial charge is 0.432 e. The maximum atomic E-state index is 14.0. The van der Waals surface area contributed by atoms with Gasteiger partial charge in [0.1, 0.15) is 5.75 Å². The topological polar surface area (TPSA) is 46.5 Å². The summed E-state index contributed by atoms with van der Waals surface area (Å²) in [5.74, 6) is -1.33. The molecule has 154 valence electrons. The van der Waals surface area contributed by atoms with Crippen LogP contribution in [-0.2, 0) is 23.0 Å². The average Bonchev–Trinajstić information content (AvgIpc) is 3.00. The van der Waals surface area contributed by atoms with Crippen molar-refractivity contribution >= 4 is 11.5 Å². The van der Waals surface area contributed by atoms with Crippen molar-refractivity contribution in [2.75, 3.05) is 0 Å². The monoisotopic (exact) mass is 416 g/mol. The number of carboxylic acids is 1. The lowest BCUT2D eigenvalue weighted by molar-refractivity contribution is -0.248. The minimum absolute atomic E-state index is 0.119. The van der Waals surface area contributed by atoms with Gasteiger partial charge in [-0.05, 0) is 47.9 Å². The second-order valence-corrected chi connectivity index (χ2v) is 6.67. The van der Waals surface area contributed by atoms with Crippen molar-refractivity contribution in [2.24, 2.45) is 0 Å². The molecule has 1 aliphatic heterocycles. The molecule has 0 radical (unpaired) electrons. The van der Waals surface area contributed by atoms with Gasteiger partial charge < -0.3 is 9.84 Å². The molecule has 1 unspecified atom stereocenters. The zero-order valence-corrected chi connectivity index (χ0v) is 14.9. The van der Waals surface area contributed by atoms with Crippen LogP contribution in [0.4, 0.5) is 26.3 Å². The summed E-state index contributed by atoms with van der Waals surface area (Å²) in [7, 11) is 0. The predicted molar refractivity (Wildman–Crippen MR) is 91.2 cm³/mol. The Morgan fingerprint density at radius 2 is 1.79 bits per heavy atom. The lowest BCUT2D eigenvalue weighted by Gasteiger charge is -2.32. The minimum atomic E-state index is -5.00. The Balaban J connectivity index is 2.09. The van der Waals surface area contributed by atoms with Gasteiger partial charge in [0.05, 0.1) is 5.56 Å². The van der Waals surface area contributed by atoms with Crippen LogP contribution >= 0.6 is 0 Å². The number of carboxylic acid groups (broad SMARTS) is 1. The molecule has 1 N–H and O–H groups in total. The maximum Gasteiger partial charge on any atom is 0.432 e. The van der Waals surface area contributed by atoms with E-state index in [2.05, 4.69) is 0 Å². The number of rotatable bonds is 3. The van der Waals surface area contributed by atoms with Crippen LogP contribution in [0.2, 0.25) is 0 Å². The fourth-order valence-electron chi connectivity index (χ4n) is 3.25. The van der Waals surface area contributed by atoms with Crippen LogP contribution in [0.15, 0.2) is 48.5 Å². The molecular weight excluding hydrogens is 402 g/mol. The molecule has 1 heterocycles. The molecule has 0 amide bonds. The summed E-state index contributed by atoms with van der Waals surface area (Å²) >= 11 is 0. The predicted octanol–water partition coefficient (Wildman–Crippen LogP) is 5.59. The molecule has 2 aromatic rings. The van der Waals surface area contributed by atoms with Gasteiger partial charge in [-0.1, -0.05) is 18.2 Å². The molecule has 0 bridgehead atoms. The normalized spacial score (nSPS) is 19.6. The summed E-state index contributed by atoms with van der Waals surface area (Å²) < 4.78 is 86.3. The number of hydrogen-bond acceptors (Lipinski definition) is 2. The number of carbonyl (C=O) groups is 1. The third kappa shape index (κ3) is 3.81. The Bertz CT molecular complexity index is 990. The SMILES string of the molecule is CC(=CC(=O)O)c1ccc2c(c1)CC(c1cccc(C(F)(F)F)c1)(C(F)(F)F)O2. The first-order valence-electron chi connectivity index (χ1n) is 8.31. The molecule has 0 saturated heterocycles. The highest BCUT2D eigenvalue weighted by molar-refractivity contribution is 5.89. The van der Waals surface area contributed by atoms with Crippen molar-refractivity contribution in [1.29, 1.82) is 0 Å². The van der Waals surface area contributed by atoms with E-state index in [4.69, 9.17) is 9.84 Å². The largest absolute Gasteiger partial charge is 0.478 e. The van der Waals surface area contributed by atoms with Gasteiger partial charge in [-0.2, -0.15) is 26.3 Å². The van der Waals surface area contributed by atoms with Crippen molar-refractivity contribution in [3.05, 3.63) is 70.8 Å². The third-order valence-electron chi connectivity index (χ3n) is 4.69. The fraction of sp³-hybridized carbons (Fsp3) is 0.250. The van der Waals surface area contributed by atoms with Gasteiger partial charge in [0.25, 0.3) is 0 Å². The van der Waals surface area contributed by atoms with Crippen molar-refractivity contribution in [2.45, 2.75) is 31.3 Å². The minimum Gasteiger partial charge on any atom is -0.478 e. The molecule has 1 atom stereocenters. The van der Waals surface area contributed by atoms with Gasteiger partial charge >= 0.3 is 18.3 Å². The van der Waals surface area contributed by atoms with E-state index >= 15 is 0 Å². The highest BCUT2D eigenvalue weighted by Crippen LogP contribution is 2.51. The van der Waals surface area contributed by atoms with E-state index in [1.807, 2.05) is 0 Å². The molecule has 29 heavy (non-hydrogen) atoms. The van der Waals surface area contributed by atoms with E-state index in [9.17, 15) is 31.1 Å². The summed E-state index contributed by atoms with van der Waals surface area (Å²) in [6.45, 7) is 1.48. The van der Waals surface area contributed by atoms with E-state index in [1.165, 1.54) is 25.1 Å². The van der Waals surface area contributed by atoms with Crippen molar-refractivity contribution < 1.29 is 41.0 Å². The molecule has 3 nitrogen and oxygen atoms in total. The Morgan fingerprint density at radius 1 is 1.10 bits per heavy atom. The molecular formula is C20H14F6O3. The average molecular weight is 416 g/mol. The Kier molecular flexibility index (Phi) is 4.88. The van der Waals surface area contributed by atoms with Gasteiger partial charge in [-0.3, -0.25) is 0 Å². The first-order chi connectivity index (χ1) is 13.3. The molecule has 0 spiro atoms. The zero-order valence-electron chi connectivity index (χ0n) is 14.9. The van der Waals surface area contributed by atoms with Gasteiger partial charge in [-0.15, -0.1) is 0 Å². The lowest BCUT2D eigenvalue weighted by atomic mass is 9.87. The summed E-state index contributed by atoms with van der Waals surface area (Å²) in [6.07, 6.45) is -9.63. The number of halogens is 6. The summed E-state index contributed by atoms with van der Waals surface area (Å²) in [6, 6.07) is 6.99. The van der Waals surface area contributed by atoms with Crippen LogP contribution < -0.4 is 4.74 Å². The highest BCUT2D eigenvalue weighted by Gasteiger charge is 2.61. The van der Waals surface area contributed by atoms with E-state index in [0.717, 1.165) is 18.2 Å². The Morgan fingerprint density at radius 3 is 2.38 bits per heavy atom. The summed E-state index contributed by atoms with van der Waals surface area (Å²) in [5, 5.41) is 8.83. The van der Waals surface area contributed by atoms with E-state index in [0.29, 0.717) is 23.3 Å². The van der Waals surface area contributed by atoms with Gasteiger partial charge in [0.15, 0.2) is 0 Å². The molecule has 0 saturated carbocycles. The van der Waals surface area contributed by atoms with Crippen LogP contribution in [-0.4, -0.2) is 17.3 Å². The first-order valence-corrected chi connectivity index (χ1v) is 8.31. The third-order valence-corrected chi connectivity index (χ3v) is 4.69. The number of alkyl halides is 6. The van der Waals surface area contributed by atoms with E-state index in [1.54, 1.807) is 0 Å². The maximum absolute atomic E-state index is 14.0. The summed E-state index contributed by atoms with van der Waals surface area (Å²) in [5.41, 5.74) is -4.04. The number of ether oxygens (including phenoxy) is 1. The zero-order chi connectivity index (χ0) is 21.6. The molecule has 3 rings (SSSR count). The second-order valence-electron chi connectivity index (χ2n) is 6.67. The highest BCUT2D eigenvalue weighted by atomic mass is 19.4. The molecule has 9 heteroatoms. The second kappa shape index (κ2) is 6.82. The number of fused-ring (bicyclic) bond motifs is 1. The standard InChI is InChI=1S/C20H14F6O3/c1-11(7-17(27)28)12-5-6-16-13(8-12)10-18(29-16,20(24,25)26)14-3-2-4-15(9-14)19(21,22)23/h2-9H,10H2,1H3,(H,27,28). The van der Waals surface area contributed by atoms with E-state index < -0.39 is 41.5 Å². The Labute approximate surface area is 161 Å². The summed E-state index contributed by atoms with van der Waals surface area (Å²) in [4.78, 5) is 10.8. The fourth-order valence-corrected chi connectivity index (χ4v) is 3.25. The van der Waals surface area contributed by atoms with Crippen LogP contribution in [0, 0.1) is 0 Å². The number of allylic oxidation sites excluding steroid dienone is 1. The quantitative estimate of drug-likeness (QED) is 0.525. The number of aliphatic carboxylic acids is 1. The van der Waals surface area contributed by atoms with Gasteiger partial charge in [-0.25, -0.2) is 4.79 Å². The Hall–Kier alpha value is -2.97. The molecule has 1 aliphatic rings. The van der Waals surface area contributed by atoms with Crippen LogP contribution in [0.5, 0.6) is 5.75 Å². The van der Waals surface area contributed by atoms with Gasteiger partial charge in [0, 0.05) is 18.1 Å². The van der Waals surface area contributed by atoms with Crippen LogP contribution in [0.25, 0.3) is 5.57 Å². The lowest BCUT2D eigenvalue weighted by Crippen LogP contribution is -2.46. The van der Waals surface area contributed by atoms with Crippen molar-refractivity contribution in [1.82, 2.24) is 0 Å². The van der Waals surface area contributed by atoms with E-state index in [-0.39, 0.29) is 11.3 Å². The van der Waals surface area contributed by atoms with Crippen LogP contribution in [0.1, 0.15) is 29.2 Å². The molecule has 0 fully saturated rings. The van der Waals surface area contributed by atoms with Crippen molar-refractivity contribution in [3.63, 3.8) is 0 Å². The van der Waals surface area contributed by atoms with Crippen molar-refractivity contribution in [3.8, 4) is 5.75 Å². The van der Waals surface area contributed by atoms with Gasteiger partial charge in [0.2, 0.25) is 5.60 Å². The molecule has 0 aliphatic carbocycles. The number of hydrogen-bond donors (Lipinski definition) is 1. The molecule has 0 aromatic heterocycles. The number of benzene rings is 2. The first kappa shape index (κ1) is 20.8. The van der Waals surface area contributed by atoms with Crippen LogP contribution in [0.3, 0.4) is 0 Å².